The summed E-state index contributed by atoms with van der Waals surface area (Å²) in [6.07, 6.45) is 5.18. The van der Waals surface area contributed by atoms with Crippen LogP contribution in [0.25, 0.3) is 0 Å². The molecule has 1 saturated heterocycles. The summed E-state index contributed by atoms with van der Waals surface area (Å²) in [5.41, 5.74) is 0.930. The van der Waals surface area contributed by atoms with Gasteiger partial charge in [0.05, 0.1) is 4.92 Å². The Bertz CT molecular complexity index is 354. The summed E-state index contributed by atoms with van der Waals surface area (Å²) in [6.45, 7) is 13.2. The van der Waals surface area contributed by atoms with Crippen molar-refractivity contribution in [3.8, 4) is 0 Å². The molecule has 1 aliphatic rings. The van der Waals surface area contributed by atoms with Crippen LogP contribution in [-0.2, 0) is 0 Å². The van der Waals surface area contributed by atoms with E-state index in [4.69, 9.17) is 0 Å². The maximum atomic E-state index is 10.4. The van der Waals surface area contributed by atoms with Crippen molar-refractivity contribution >= 4 is 0 Å². The number of piperazine rings is 1. The Balaban J connectivity index is 0.00000154. The number of likely N-dealkylation sites (N-methyl/N-ethyl adjacent to an activating group) is 1. The fraction of sp³-hybridized carbons (Fsp3) is 0.571. The fourth-order valence-electron chi connectivity index (χ4n) is 1.69. The molecule has 1 fully saturated rings. The van der Waals surface area contributed by atoms with Gasteiger partial charge in [-0.1, -0.05) is 19.9 Å². The summed E-state index contributed by atoms with van der Waals surface area (Å²) in [5.74, 6) is 0. The molecule has 5 heteroatoms. The monoisotopic (exact) mass is 267 g/mol. The highest BCUT2D eigenvalue weighted by Crippen LogP contribution is 2.11. The predicted molar refractivity (Wildman–Crippen MR) is 79.4 cm³/mol. The maximum absolute atomic E-state index is 10.4. The second-order valence-corrected chi connectivity index (χ2v) is 4.09. The third-order valence-electron chi connectivity index (χ3n) is 2.85. The molecule has 0 unspecified atom stereocenters. The van der Waals surface area contributed by atoms with Gasteiger partial charge in [-0.05, 0) is 26.6 Å². The van der Waals surface area contributed by atoms with Crippen LogP contribution in [0.1, 0.15) is 20.8 Å². The molecule has 0 radical (unpaired) electrons. The normalized spacial score (nSPS) is 17.1. The van der Waals surface area contributed by atoms with Crippen molar-refractivity contribution < 1.29 is 4.92 Å². The van der Waals surface area contributed by atoms with Gasteiger partial charge < -0.3 is 9.80 Å². The molecule has 0 saturated carbocycles. The second-order valence-electron chi connectivity index (χ2n) is 4.09. The van der Waals surface area contributed by atoms with Crippen LogP contribution < -0.4 is 0 Å². The van der Waals surface area contributed by atoms with Gasteiger partial charge in [-0.15, -0.1) is 0 Å². The summed E-state index contributed by atoms with van der Waals surface area (Å²) in [4.78, 5) is 14.4. The third kappa shape index (κ3) is 6.20. The second kappa shape index (κ2) is 9.33. The van der Waals surface area contributed by atoms with Crippen LogP contribution in [0.5, 0.6) is 0 Å². The molecule has 0 aromatic rings. The van der Waals surface area contributed by atoms with E-state index in [1.165, 1.54) is 6.08 Å². The zero-order valence-electron chi connectivity index (χ0n) is 12.4. The van der Waals surface area contributed by atoms with Crippen molar-refractivity contribution in [1.29, 1.82) is 0 Å². The average molecular weight is 267 g/mol. The van der Waals surface area contributed by atoms with Gasteiger partial charge in [-0.3, -0.25) is 10.1 Å². The fourth-order valence-corrected chi connectivity index (χ4v) is 1.69. The average Bonchev–Trinajstić information content (AvgIpc) is 2.43. The Labute approximate surface area is 116 Å². The lowest BCUT2D eigenvalue weighted by Gasteiger charge is -2.34. The van der Waals surface area contributed by atoms with E-state index in [1.807, 2.05) is 26.8 Å². The third-order valence-corrected chi connectivity index (χ3v) is 2.85. The van der Waals surface area contributed by atoms with Crippen LogP contribution in [0.2, 0.25) is 0 Å². The molecule has 19 heavy (non-hydrogen) atoms. The van der Waals surface area contributed by atoms with Crippen molar-refractivity contribution in [3.63, 3.8) is 0 Å². The predicted octanol–water partition coefficient (Wildman–Crippen LogP) is 2.51. The van der Waals surface area contributed by atoms with Crippen LogP contribution in [0, 0.1) is 10.1 Å². The van der Waals surface area contributed by atoms with Gasteiger partial charge in [-0.25, -0.2) is 0 Å². The number of nitrogens with zero attached hydrogens (tertiary/aromatic N) is 3. The van der Waals surface area contributed by atoms with E-state index in [9.17, 15) is 10.1 Å². The van der Waals surface area contributed by atoms with E-state index in [0.717, 1.165) is 31.9 Å². The minimum Gasteiger partial charge on any atom is -0.369 e. The number of rotatable bonds is 4. The molecule has 0 bridgehead atoms. The van der Waals surface area contributed by atoms with Gasteiger partial charge in [0.15, 0.2) is 0 Å². The lowest BCUT2D eigenvalue weighted by Crippen LogP contribution is -2.43. The topological polar surface area (TPSA) is 49.6 Å². The molecule has 0 aliphatic carbocycles. The van der Waals surface area contributed by atoms with E-state index >= 15 is 0 Å². The van der Waals surface area contributed by atoms with Crippen molar-refractivity contribution in [1.82, 2.24) is 9.80 Å². The first-order chi connectivity index (χ1) is 9.04. The van der Waals surface area contributed by atoms with Crippen LogP contribution in [0.3, 0.4) is 0 Å². The number of hydrogen-bond donors (Lipinski definition) is 0. The van der Waals surface area contributed by atoms with Gasteiger partial charge in [-0.2, -0.15) is 0 Å². The van der Waals surface area contributed by atoms with E-state index in [0.29, 0.717) is 0 Å². The van der Waals surface area contributed by atoms with Gasteiger partial charge >= 0.3 is 0 Å². The van der Waals surface area contributed by atoms with Gasteiger partial charge in [0.2, 0.25) is 0 Å². The van der Waals surface area contributed by atoms with Crippen molar-refractivity contribution in [3.05, 3.63) is 46.3 Å². The zero-order chi connectivity index (χ0) is 14.8. The molecule has 5 nitrogen and oxygen atoms in total. The first-order valence-electron chi connectivity index (χ1n) is 6.65. The van der Waals surface area contributed by atoms with Gasteiger partial charge in [0.1, 0.15) is 0 Å². The largest absolute Gasteiger partial charge is 0.369 e. The summed E-state index contributed by atoms with van der Waals surface area (Å²) in [6, 6.07) is 0. The lowest BCUT2D eigenvalue weighted by atomic mass is 10.2. The zero-order valence-corrected chi connectivity index (χ0v) is 12.4. The molecule has 0 atom stereocenters. The summed E-state index contributed by atoms with van der Waals surface area (Å²) in [7, 11) is 2.09. The summed E-state index contributed by atoms with van der Waals surface area (Å²) >= 11 is 0. The standard InChI is InChI=1S/C12H19N3O2.C2H6/c1-4-12(6-5-11(2)15(16)17)14-9-7-13(3)8-10-14;1-2/h4-6H,2,7-10H2,1,3H3;1-2H3/b6-5-,12-4+;. The number of allylic oxidation sites excluding steroid dienone is 3. The Morgan fingerprint density at radius 1 is 1.21 bits per heavy atom. The minimum atomic E-state index is -0.478. The van der Waals surface area contributed by atoms with Crippen LogP contribution in [0.4, 0.5) is 0 Å². The van der Waals surface area contributed by atoms with Crippen molar-refractivity contribution in [2.24, 2.45) is 0 Å². The SMILES string of the molecule is C=C(/C=C\C(=C/C)N1CCN(C)CC1)[N+](=O)[O-].CC. The van der Waals surface area contributed by atoms with E-state index in [2.05, 4.69) is 23.4 Å². The quantitative estimate of drug-likeness (QED) is 0.446. The van der Waals surface area contributed by atoms with Crippen molar-refractivity contribution in [2.45, 2.75) is 20.8 Å². The molecule has 1 aliphatic heterocycles. The minimum absolute atomic E-state index is 0.0847. The first kappa shape index (κ1) is 17.4. The lowest BCUT2D eigenvalue weighted by molar-refractivity contribution is -0.418. The van der Waals surface area contributed by atoms with Crippen LogP contribution >= 0.6 is 0 Å². The van der Waals surface area contributed by atoms with Crippen molar-refractivity contribution in [2.75, 3.05) is 33.2 Å². The van der Waals surface area contributed by atoms with E-state index in [1.54, 1.807) is 6.08 Å². The number of hydrogen-bond acceptors (Lipinski definition) is 4. The van der Waals surface area contributed by atoms with E-state index < -0.39 is 4.92 Å². The Kier molecular flexibility index (Phi) is 8.53. The Hall–Kier alpha value is -1.62. The summed E-state index contributed by atoms with van der Waals surface area (Å²) in [5, 5.41) is 10.4. The molecule has 0 amide bonds. The van der Waals surface area contributed by atoms with Gasteiger partial charge in [0, 0.05) is 38.0 Å². The van der Waals surface area contributed by atoms with Crippen LogP contribution in [0.15, 0.2) is 36.2 Å². The highest BCUT2D eigenvalue weighted by molar-refractivity contribution is 5.22. The Morgan fingerprint density at radius 3 is 2.16 bits per heavy atom. The Morgan fingerprint density at radius 2 is 1.74 bits per heavy atom. The maximum Gasteiger partial charge on any atom is 0.262 e. The summed E-state index contributed by atoms with van der Waals surface area (Å²) < 4.78 is 0. The van der Waals surface area contributed by atoms with Gasteiger partial charge in [0.25, 0.3) is 5.70 Å². The molecule has 0 spiro atoms. The number of nitro groups is 1. The molecule has 108 valence electrons. The molecular formula is C14H25N3O2. The first-order valence-corrected chi connectivity index (χ1v) is 6.65. The highest BCUT2D eigenvalue weighted by Gasteiger charge is 2.14. The molecule has 0 aromatic heterocycles. The van der Waals surface area contributed by atoms with Crippen LogP contribution in [-0.4, -0.2) is 47.9 Å². The smallest absolute Gasteiger partial charge is 0.262 e. The molecule has 1 rings (SSSR count). The molecule has 1 heterocycles. The molecular weight excluding hydrogens is 242 g/mol. The molecule has 0 N–H and O–H groups in total. The highest BCUT2D eigenvalue weighted by atomic mass is 16.6. The molecule has 0 aromatic carbocycles. The van der Waals surface area contributed by atoms with E-state index in [-0.39, 0.29) is 5.70 Å².